The Morgan fingerprint density at radius 2 is 1.14 bits per heavy atom. The third kappa shape index (κ3) is 5.42. The fourth-order valence-electron chi connectivity index (χ4n) is 4.31. The molecular formula is C34H29N. The van der Waals surface area contributed by atoms with E-state index in [1.54, 1.807) is 0 Å². The van der Waals surface area contributed by atoms with E-state index in [1.807, 2.05) is 0 Å². The molecule has 0 bridgehead atoms. The third-order valence-corrected chi connectivity index (χ3v) is 6.28. The zero-order valence-electron chi connectivity index (χ0n) is 20.2. The van der Waals surface area contributed by atoms with Crippen molar-refractivity contribution in [3.8, 4) is 11.1 Å². The van der Waals surface area contributed by atoms with Crippen molar-refractivity contribution in [3.63, 3.8) is 0 Å². The number of hydrogen-bond acceptors (Lipinski definition) is 1. The highest BCUT2D eigenvalue weighted by Crippen LogP contribution is 2.30. The van der Waals surface area contributed by atoms with Gasteiger partial charge in [-0.25, -0.2) is 0 Å². The molecule has 0 heterocycles. The highest BCUT2D eigenvalue weighted by Gasteiger charge is 2.07. The first-order valence-corrected chi connectivity index (χ1v) is 12.0. The molecule has 0 aromatic heterocycles. The van der Waals surface area contributed by atoms with E-state index in [9.17, 15) is 0 Å². The summed E-state index contributed by atoms with van der Waals surface area (Å²) in [6, 6.07) is 45.1. The predicted molar refractivity (Wildman–Crippen MR) is 151 cm³/mol. The minimum Gasteiger partial charge on any atom is -0.356 e. The summed E-state index contributed by atoms with van der Waals surface area (Å²) in [5, 5.41) is 3.53. The Bertz CT molecular complexity index is 1390. The maximum Gasteiger partial charge on any atom is 0.0390 e. The molecule has 0 unspecified atom stereocenters. The van der Waals surface area contributed by atoms with Crippen molar-refractivity contribution in [1.82, 2.24) is 0 Å². The minimum atomic E-state index is 1.09. The Kier molecular flexibility index (Phi) is 6.59. The van der Waals surface area contributed by atoms with E-state index in [-0.39, 0.29) is 0 Å². The molecule has 5 aromatic rings. The summed E-state index contributed by atoms with van der Waals surface area (Å²) in [6.45, 7) is 4.27. The molecule has 0 saturated carbocycles. The molecular weight excluding hydrogens is 422 g/mol. The first-order chi connectivity index (χ1) is 17.2. The van der Waals surface area contributed by atoms with Gasteiger partial charge < -0.3 is 5.32 Å². The Morgan fingerprint density at radius 3 is 1.74 bits per heavy atom. The highest BCUT2D eigenvalue weighted by molar-refractivity contribution is 5.91. The molecule has 0 atom stereocenters. The monoisotopic (exact) mass is 451 g/mol. The molecule has 35 heavy (non-hydrogen) atoms. The van der Waals surface area contributed by atoms with Gasteiger partial charge in [-0.3, -0.25) is 0 Å². The van der Waals surface area contributed by atoms with Crippen molar-refractivity contribution < 1.29 is 0 Å². The first-order valence-electron chi connectivity index (χ1n) is 12.0. The lowest BCUT2D eigenvalue weighted by atomic mass is 9.94. The van der Waals surface area contributed by atoms with Gasteiger partial charge in [-0.15, -0.1) is 0 Å². The van der Waals surface area contributed by atoms with E-state index in [0.717, 1.165) is 11.4 Å². The lowest BCUT2D eigenvalue weighted by Gasteiger charge is -2.12. The minimum absolute atomic E-state index is 1.09. The van der Waals surface area contributed by atoms with Crippen LogP contribution in [0.4, 0.5) is 11.4 Å². The van der Waals surface area contributed by atoms with Gasteiger partial charge in [0.1, 0.15) is 0 Å². The zero-order chi connectivity index (χ0) is 24.0. The normalized spacial score (nSPS) is 10.6. The fourth-order valence-corrected chi connectivity index (χ4v) is 4.31. The van der Waals surface area contributed by atoms with E-state index in [1.165, 1.54) is 44.5 Å². The van der Waals surface area contributed by atoms with Crippen LogP contribution in [0.5, 0.6) is 0 Å². The van der Waals surface area contributed by atoms with Crippen molar-refractivity contribution in [2.24, 2.45) is 0 Å². The zero-order valence-corrected chi connectivity index (χ0v) is 20.2. The number of benzene rings is 5. The standard InChI is InChI=1S/C34H29N/c1-25-13-20-31(21-14-25)35-32-22-15-26(2)33(24-32)30-18-16-27(17-19-30)23-34(28-9-5-3-6-10-28)29-11-7-4-8-12-29/h3-24,35H,1-2H3. The molecule has 0 aliphatic carbocycles. The van der Waals surface area contributed by atoms with E-state index >= 15 is 0 Å². The topological polar surface area (TPSA) is 12.0 Å². The molecule has 0 fully saturated rings. The molecule has 1 nitrogen and oxygen atoms in total. The summed E-state index contributed by atoms with van der Waals surface area (Å²) in [6.07, 6.45) is 2.27. The molecule has 0 amide bonds. The van der Waals surface area contributed by atoms with Crippen LogP contribution in [0.1, 0.15) is 27.8 Å². The number of hydrogen-bond donors (Lipinski definition) is 1. The summed E-state index contributed by atoms with van der Waals surface area (Å²) < 4.78 is 0. The van der Waals surface area contributed by atoms with Gasteiger partial charge >= 0.3 is 0 Å². The second kappa shape index (κ2) is 10.3. The van der Waals surface area contributed by atoms with Crippen LogP contribution in [0.2, 0.25) is 0 Å². The molecule has 5 rings (SSSR count). The van der Waals surface area contributed by atoms with Crippen LogP contribution in [0.15, 0.2) is 127 Å². The van der Waals surface area contributed by atoms with E-state index in [0.29, 0.717) is 0 Å². The molecule has 0 spiro atoms. The summed E-state index contributed by atoms with van der Waals surface area (Å²) in [5.41, 5.74) is 12.0. The Labute approximate surface area is 208 Å². The van der Waals surface area contributed by atoms with Crippen LogP contribution in [-0.4, -0.2) is 0 Å². The molecule has 0 saturated heterocycles. The Balaban J connectivity index is 1.45. The number of nitrogens with one attached hydrogen (secondary N) is 1. The van der Waals surface area contributed by atoms with Crippen molar-refractivity contribution in [3.05, 3.63) is 155 Å². The molecule has 1 heteroatoms. The molecule has 0 radical (unpaired) electrons. The van der Waals surface area contributed by atoms with Crippen LogP contribution < -0.4 is 5.32 Å². The maximum absolute atomic E-state index is 3.53. The molecule has 1 N–H and O–H groups in total. The molecule has 170 valence electrons. The van der Waals surface area contributed by atoms with Gasteiger partial charge in [-0.1, -0.05) is 109 Å². The lowest BCUT2D eigenvalue weighted by molar-refractivity contribution is 1.43. The van der Waals surface area contributed by atoms with Crippen LogP contribution in [0.25, 0.3) is 22.8 Å². The van der Waals surface area contributed by atoms with Gasteiger partial charge in [-0.2, -0.15) is 0 Å². The third-order valence-electron chi connectivity index (χ3n) is 6.28. The predicted octanol–water partition coefficient (Wildman–Crippen LogP) is 9.30. The van der Waals surface area contributed by atoms with Crippen molar-refractivity contribution in [2.75, 3.05) is 5.32 Å². The van der Waals surface area contributed by atoms with E-state index in [4.69, 9.17) is 0 Å². The summed E-state index contributed by atoms with van der Waals surface area (Å²) in [4.78, 5) is 0. The van der Waals surface area contributed by atoms with Crippen molar-refractivity contribution in [1.29, 1.82) is 0 Å². The van der Waals surface area contributed by atoms with Crippen LogP contribution in [0.3, 0.4) is 0 Å². The summed E-state index contributed by atoms with van der Waals surface area (Å²) in [7, 11) is 0. The van der Waals surface area contributed by atoms with E-state index in [2.05, 4.69) is 153 Å². The van der Waals surface area contributed by atoms with Gasteiger partial charge in [0.25, 0.3) is 0 Å². The van der Waals surface area contributed by atoms with Crippen LogP contribution >= 0.6 is 0 Å². The van der Waals surface area contributed by atoms with Crippen LogP contribution in [0, 0.1) is 13.8 Å². The average molecular weight is 452 g/mol. The summed E-state index contributed by atoms with van der Waals surface area (Å²) in [5.74, 6) is 0. The van der Waals surface area contributed by atoms with Crippen LogP contribution in [-0.2, 0) is 0 Å². The average Bonchev–Trinajstić information content (AvgIpc) is 2.91. The molecule has 0 aliphatic rings. The SMILES string of the molecule is Cc1ccc(Nc2ccc(C)c(-c3ccc(C=C(c4ccccc4)c4ccccc4)cc3)c2)cc1. The molecule has 5 aromatic carbocycles. The number of rotatable bonds is 6. The van der Waals surface area contributed by atoms with Gasteiger partial charge in [0.15, 0.2) is 0 Å². The quantitative estimate of drug-likeness (QED) is 0.254. The van der Waals surface area contributed by atoms with Gasteiger partial charge in [0.05, 0.1) is 0 Å². The first kappa shape index (κ1) is 22.4. The molecule has 0 aliphatic heterocycles. The summed E-state index contributed by atoms with van der Waals surface area (Å²) >= 11 is 0. The van der Waals surface area contributed by atoms with Gasteiger partial charge in [0, 0.05) is 11.4 Å². The lowest BCUT2D eigenvalue weighted by Crippen LogP contribution is -1.92. The Morgan fingerprint density at radius 1 is 0.571 bits per heavy atom. The largest absolute Gasteiger partial charge is 0.356 e. The number of anilines is 2. The second-order valence-electron chi connectivity index (χ2n) is 8.93. The van der Waals surface area contributed by atoms with E-state index < -0.39 is 0 Å². The Hall–Kier alpha value is -4.36. The van der Waals surface area contributed by atoms with Crippen molar-refractivity contribution >= 4 is 23.0 Å². The van der Waals surface area contributed by atoms with Gasteiger partial charge in [0.2, 0.25) is 0 Å². The second-order valence-corrected chi connectivity index (χ2v) is 8.93. The highest BCUT2D eigenvalue weighted by atomic mass is 14.9. The maximum atomic E-state index is 3.53. The van der Waals surface area contributed by atoms with Crippen molar-refractivity contribution in [2.45, 2.75) is 13.8 Å². The fraction of sp³-hybridized carbons (Fsp3) is 0.0588. The smallest absolute Gasteiger partial charge is 0.0390 e. The number of aryl methyl sites for hydroxylation is 2. The van der Waals surface area contributed by atoms with Gasteiger partial charge in [-0.05, 0) is 83.1 Å².